The van der Waals surface area contributed by atoms with E-state index in [0.29, 0.717) is 27.3 Å². The number of carbonyl (C=O) groups excluding carboxylic acids is 2. The van der Waals surface area contributed by atoms with Crippen molar-refractivity contribution in [3.05, 3.63) is 56.4 Å². The number of thiophene rings is 1. The lowest BCUT2D eigenvalue weighted by Gasteiger charge is -2.12. The number of hydrogen-bond acceptors (Lipinski definition) is 8. The molecule has 2 heterocycles. The van der Waals surface area contributed by atoms with Gasteiger partial charge in [0.2, 0.25) is 15.8 Å². The molecular formula is C19H19N3O6S2. The highest BCUT2D eigenvalue weighted by molar-refractivity contribution is 7.92. The van der Waals surface area contributed by atoms with Crippen molar-refractivity contribution in [2.45, 2.75) is 26.9 Å². The number of H-pyrrole nitrogens is 1. The van der Waals surface area contributed by atoms with Crippen LogP contribution in [0.5, 0.6) is 0 Å². The molecule has 0 amide bonds. The normalized spacial score (nSPS) is 12.5. The highest BCUT2D eigenvalue weighted by atomic mass is 32.2. The minimum atomic E-state index is -3.43. The average Bonchev–Trinajstić information content (AvgIpc) is 2.97. The molecule has 0 aliphatic heterocycles. The highest BCUT2D eigenvalue weighted by Crippen LogP contribution is 2.28. The number of aryl methyl sites for hydroxylation is 2. The lowest BCUT2D eigenvalue weighted by molar-refractivity contribution is 0.0323. The van der Waals surface area contributed by atoms with Gasteiger partial charge in [0.25, 0.3) is 5.56 Å². The molecular weight excluding hydrogens is 430 g/mol. The molecule has 30 heavy (non-hydrogen) atoms. The van der Waals surface area contributed by atoms with Gasteiger partial charge >= 0.3 is 5.97 Å². The number of aromatic nitrogens is 2. The number of ketones is 1. The Morgan fingerprint density at radius 2 is 1.83 bits per heavy atom. The minimum Gasteiger partial charge on any atom is -0.450 e. The van der Waals surface area contributed by atoms with Crippen molar-refractivity contribution in [1.29, 1.82) is 0 Å². The fourth-order valence-corrected chi connectivity index (χ4v) is 4.54. The first-order chi connectivity index (χ1) is 14.0. The van der Waals surface area contributed by atoms with Crippen LogP contribution in [0.15, 0.2) is 29.1 Å². The van der Waals surface area contributed by atoms with Gasteiger partial charge in [-0.05, 0) is 50.6 Å². The monoisotopic (exact) mass is 449 g/mol. The summed E-state index contributed by atoms with van der Waals surface area (Å²) in [6.07, 6.45) is -0.0577. The average molecular weight is 450 g/mol. The largest absolute Gasteiger partial charge is 0.450 e. The van der Waals surface area contributed by atoms with Gasteiger partial charge in [0.15, 0.2) is 6.10 Å². The van der Waals surface area contributed by atoms with Gasteiger partial charge in [-0.3, -0.25) is 14.3 Å². The first-order valence-corrected chi connectivity index (χ1v) is 11.5. The van der Waals surface area contributed by atoms with Crippen LogP contribution in [0.25, 0.3) is 10.2 Å². The maximum atomic E-state index is 12.6. The molecule has 1 atom stereocenters. The fraction of sp³-hybridized carbons (Fsp3) is 0.263. The number of nitrogens with one attached hydrogen (secondary N) is 2. The second-order valence-electron chi connectivity index (χ2n) is 6.75. The summed E-state index contributed by atoms with van der Waals surface area (Å²) in [4.78, 5) is 44.8. The van der Waals surface area contributed by atoms with Crippen LogP contribution in [-0.4, -0.2) is 42.5 Å². The van der Waals surface area contributed by atoms with Crippen molar-refractivity contribution in [2.75, 3.05) is 11.0 Å². The van der Waals surface area contributed by atoms with E-state index >= 15 is 0 Å². The quantitative estimate of drug-likeness (QED) is 0.436. The smallest absolute Gasteiger partial charge is 0.349 e. The van der Waals surface area contributed by atoms with Gasteiger partial charge in [-0.2, -0.15) is 0 Å². The Labute approximate surface area is 176 Å². The number of aromatic amines is 1. The second kappa shape index (κ2) is 8.00. The van der Waals surface area contributed by atoms with Crippen LogP contribution in [0.1, 0.15) is 38.3 Å². The van der Waals surface area contributed by atoms with Crippen LogP contribution >= 0.6 is 11.3 Å². The van der Waals surface area contributed by atoms with E-state index in [1.54, 1.807) is 13.8 Å². The molecule has 1 aromatic carbocycles. The molecule has 2 aromatic heterocycles. The maximum absolute atomic E-state index is 12.6. The molecule has 0 radical (unpaired) electrons. The van der Waals surface area contributed by atoms with Gasteiger partial charge in [-0.15, -0.1) is 11.3 Å². The number of fused-ring (bicyclic) bond motifs is 1. The Bertz CT molecular complexity index is 1310. The van der Waals surface area contributed by atoms with Crippen molar-refractivity contribution >= 4 is 49.0 Å². The first-order valence-electron chi connectivity index (χ1n) is 8.79. The van der Waals surface area contributed by atoms with Crippen LogP contribution in [0.4, 0.5) is 5.69 Å². The number of Topliss-reactive ketones (excluding diaryl/α,β-unsaturated/α-hetero) is 1. The summed E-state index contributed by atoms with van der Waals surface area (Å²) in [7, 11) is -3.43. The van der Waals surface area contributed by atoms with Crippen LogP contribution < -0.4 is 10.3 Å². The SMILES string of the molecule is Cc1nc2sc(C(=O)OC(C)C(=O)c3ccc(NS(C)(=O)=O)cc3)c(C)c2c(=O)[nH]1. The van der Waals surface area contributed by atoms with E-state index in [0.717, 1.165) is 17.6 Å². The number of ether oxygens (including phenoxy) is 1. The number of nitrogens with zero attached hydrogens (tertiary/aromatic N) is 1. The van der Waals surface area contributed by atoms with Crippen LogP contribution in [0.3, 0.4) is 0 Å². The van der Waals surface area contributed by atoms with Crippen molar-refractivity contribution in [2.24, 2.45) is 0 Å². The van der Waals surface area contributed by atoms with E-state index in [2.05, 4.69) is 14.7 Å². The molecule has 0 spiro atoms. The van der Waals surface area contributed by atoms with Crippen molar-refractivity contribution in [3.8, 4) is 0 Å². The summed E-state index contributed by atoms with van der Waals surface area (Å²) in [5.74, 6) is -0.727. The summed E-state index contributed by atoms with van der Waals surface area (Å²) in [5, 5.41) is 0.325. The minimum absolute atomic E-state index is 0.209. The predicted octanol–water partition coefficient (Wildman–Crippen LogP) is 2.40. The standard InChI is InChI=1S/C19H19N3O6S2/c1-9-14-17(24)20-11(3)21-18(14)29-16(9)19(25)28-10(2)15(23)12-5-7-13(8-6-12)22-30(4,26)27/h5-8,10,22H,1-4H3,(H,20,21,24). The zero-order chi connectivity index (χ0) is 22.2. The van der Waals surface area contributed by atoms with Crippen LogP contribution in [0, 0.1) is 13.8 Å². The Morgan fingerprint density at radius 1 is 1.20 bits per heavy atom. The zero-order valence-electron chi connectivity index (χ0n) is 16.6. The molecule has 2 N–H and O–H groups in total. The van der Waals surface area contributed by atoms with E-state index < -0.39 is 27.9 Å². The molecule has 1 unspecified atom stereocenters. The third-order valence-electron chi connectivity index (χ3n) is 4.23. The van der Waals surface area contributed by atoms with Crippen molar-refractivity contribution < 1.29 is 22.7 Å². The van der Waals surface area contributed by atoms with Gasteiger partial charge in [-0.25, -0.2) is 18.2 Å². The van der Waals surface area contributed by atoms with E-state index in [4.69, 9.17) is 4.74 Å². The molecule has 3 rings (SSSR count). The lowest BCUT2D eigenvalue weighted by atomic mass is 10.1. The van der Waals surface area contributed by atoms with Crippen LogP contribution in [0.2, 0.25) is 0 Å². The van der Waals surface area contributed by atoms with Gasteiger partial charge in [0.1, 0.15) is 15.5 Å². The first kappa shape index (κ1) is 21.7. The number of hydrogen-bond donors (Lipinski definition) is 2. The summed E-state index contributed by atoms with van der Waals surface area (Å²) >= 11 is 1.03. The van der Waals surface area contributed by atoms with Gasteiger partial charge in [0.05, 0.1) is 11.6 Å². The molecule has 3 aromatic rings. The molecule has 0 bridgehead atoms. The van der Waals surface area contributed by atoms with Crippen molar-refractivity contribution in [1.82, 2.24) is 9.97 Å². The fourth-order valence-electron chi connectivity index (χ4n) is 2.87. The molecule has 0 fully saturated rings. The zero-order valence-corrected chi connectivity index (χ0v) is 18.2. The van der Waals surface area contributed by atoms with Gasteiger partial charge < -0.3 is 9.72 Å². The molecule has 9 nitrogen and oxygen atoms in total. The Morgan fingerprint density at radius 3 is 2.43 bits per heavy atom. The van der Waals surface area contributed by atoms with Crippen LogP contribution in [-0.2, 0) is 14.8 Å². The number of sulfonamides is 1. The Kier molecular flexibility index (Phi) is 5.77. The third-order valence-corrected chi connectivity index (χ3v) is 6.00. The number of benzene rings is 1. The van der Waals surface area contributed by atoms with Gasteiger partial charge in [-0.1, -0.05) is 0 Å². The maximum Gasteiger partial charge on any atom is 0.349 e. The molecule has 0 saturated heterocycles. The van der Waals surface area contributed by atoms with E-state index in [1.807, 2.05) is 0 Å². The lowest BCUT2D eigenvalue weighted by Crippen LogP contribution is -2.24. The van der Waals surface area contributed by atoms with E-state index in [-0.39, 0.29) is 16.0 Å². The molecule has 0 aliphatic carbocycles. The topological polar surface area (TPSA) is 135 Å². The Balaban J connectivity index is 1.78. The number of carbonyl (C=O) groups is 2. The number of esters is 1. The number of rotatable bonds is 6. The van der Waals surface area contributed by atoms with E-state index in [1.165, 1.54) is 31.2 Å². The number of anilines is 1. The van der Waals surface area contributed by atoms with Crippen molar-refractivity contribution in [3.63, 3.8) is 0 Å². The van der Waals surface area contributed by atoms with E-state index in [9.17, 15) is 22.8 Å². The summed E-state index contributed by atoms with van der Waals surface area (Å²) < 4.78 is 30.1. The van der Waals surface area contributed by atoms with Gasteiger partial charge in [0, 0.05) is 11.3 Å². The molecule has 158 valence electrons. The second-order valence-corrected chi connectivity index (χ2v) is 9.50. The summed E-state index contributed by atoms with van der Waals surface area (Å²) in [6.45, 7) is 4.72. The predicted molar refractivity (Wildman–Crippen MR) is 114 cm³/mol. The third kappa shape index (κ3) is 4.57. The Hall–Kier alpha value is -3.05. The molecule has 0 aliphatic rings. The highest BCUT2D eigenvalue weighted by Gasteiger charge is 2.25. The molecule has 11 heteroatoms. The summed E-state index contributed by atoms with van der Waals surface area (Å²) in [6, 6.07) is 5.77. The summed E-state index contributed by atoms with van der Waals surface area (Å²) in [5.41, 5.74) is 0.686. The molecule has 0 saturated carbocycles.